The van der Waals surface area contributed by atoms with Crippen molar-refractivity contribution in [1.82, 2.24) is 0 Å². The Balaban J connectivity index is 2.04. The first-order valence-electron chi connectivity index (χ1n) is 5.79. The van der Waals surface area contributed by atoms with Crippen LogP contribution in [0.4, 0.5) is 0 Å². The molecule has 2 rings (SSSR count). The first-order chi connectivity index (χ1) is 8.60. The molecule has 96 valence electrons. The van der Waals surface area contributed by atoms with Crippen LogP contribution in [0.3, 0.4) is 0 Å². The molecule has 0 bridgehead atoms. The fourth-order valence-corrected chi connectivity index (χ4v) is 1.75. The van der Waals surface area contributed by atoms with Crippen LogP contribution in [0.25, 0.3) is 0 Å². The number of cyclic esters (lactones) is 2. The van der Waals surface area contributed by atoms with Crippen LogP contribution in [0.5, 0.6) is 5.75 Å². The average Bonchev–Trinajstić information content (AvgIpc) is 2.36. The SMILES string of the molecule is CCC1OC(=O)C(Cc2ccc(O)cc2)OC1=O. The number of aromatic hydroxyl groups is 1. The molecule has 1 aromatic carbocycles. The summed E-state index contributed by atoms with van der Waals surface area (Å²) in [7, 11) is 0. The monoisotopic (exact) mass is 250 g/mol. The lowest BCUT2D eigenvalue weighted by Crippen LogP contribution is -2.44. The zero-order valence-corrected chi connectivity index (χ0v) is 9.96. The van der Waals surface area contributed by atoms with Crippen molar-refractivity contribution >= 4 is 11.9 Å². The van der Waals surface area contributed by atoms with E-state index in [9.17, 15) is 9.59 Å². The summed E-state index contributed by atoms with van der Waals surface area (Å²) in [5.74, 6) is -0.872. The molecule has 2 unspecified atom stereocenters. The number of carbonyl (C=O) groups excluding carboxylic acids is 2. The van der Waals surface area contributed by atoms with Crippen LogP contribution in [0, 0.1) is 0 Å². The fraction of sp³-hybridized carbons (Fsp3) is 0.385. The van der Waals surface area contributed by atoms with Crippen LogP contribution in [-0.2, 0) is 25.5 Å². The molecule has 0 aromatic heterocycles. The van der Waals surface area contributed by atoms with E-state index in [1.807, 2.05) is 0 Å². The van der Waals surface area contributed by atoms with Gasteiger partial charge in [0.2, 0.25) is 6.10 Å². The van der Waals surface area contributed by atoms with Crippen molar-refractivity contribution in [1.29, 1.82) is 0 Å². The Morgan fingerprint density at radius 1 is 1.06 bits per heavy atom. The molecule has 5 heteroatoms. The molecule has 1 fully saturated rings. The molecule has 1 aromatic rings. The lowest BCUT2D eigenvalue weighted by Gasteiger charge is -2.26. The third kappa shape index (κ3) is 2.61. The number of phenols is 1. The summed E-state index contributed by atoms with van der Waals surface area (Å²) in [5.41, 5.74) is 0.789. The quantitative estimate of drug-likeness (QED) is 0.815. The van der Waals surface area contributed by atoms with Crippen molar-refractivity contribution in [2.24, 2.45) is 0 Å². The molecule has 5 nitrogen and oxygen atoms in total. The van der Waals surface area contributed by atoms with Gasteiger partial charge in [-0.1, -0.05) is 19.1 Å². The highest BCUT2D eigenvalue weighted by molar-refractivity contribution is 5.87. The van der Waals surface area contributed by atoms with Gasteiger partial charge in [0.05, 0.1) is 0 Å². The molecule has 1 aliphatic heterocycles. The van der Waals surface area contributed by atoms with Gasteiger partial charge in [0.1, 0.15) is 5.75 Å². The van der Waals surface area contributed by atoms with Gasteiger partial charge in [-0.3, -0.25) is 0 Å². The van der Waals surface area contributed by atoms with Crippen molar-refractivity contribution in [2.75, 3.05) is 0 Å². The predicted octanol–water partition coefficient (Wildman–Crippen LogP) is 1.18. The first kappa shape index (κ1) is 12.4. The Morgan fingerprint density at radius 2 is 1.61 bits per heavy atom. The minimum atomic E-state index is -0.898. The summed E-state index contributed by atoms with van der Waals surface area (Å²) in [6.45, 7) is 1.75. The molecular formula is C13H14O5. The highest BCUT2D eigenvalue weighted by Gasteiger charge is 2.37. The van der Waals surface area contributed by atoms with Gasteiger partial charge in [-0.25, -0.2) is 9.59 Å². The van der Waals surface area contributed by atoms with Gasteiger partial charge in [-0.15, -0.1) is 0 Å². The molecule has 18 heavy (non-hydrogen) atoms. The molecule has 2 atom stereocenters. The van der Waals surface area contributed by atoms with Gasteiger partial charge in [0.15, 0.2) is 6.10 Å². The number of phenolic OH excluding ortho intramolecular Hbond substituents is 1. The topological polar surface area (TPSA) is 72.8 Å². The van der Waals surface area contributed by atoms with Crippen molar-refractivity contribution in [3.05, 3.63) is 29.8 Å². The minimum Gasteiger partial charge on any atom is -0.508 e. The number of hydrogen-bond acceptors (Lipinski definition) is 5. The van der Waals surface area contributed by atoms with E-state index < -0.39 is 24.1 Å². The number of rotatable bonds is 3. The first-order valence-corrected chi connectivity index (χ1v) is 5.79. The van der Waals surface area contributed by atoms with E-state index in [0.717, 1.165) is 5.56 Å². The molecule has 1 aliphatic rings. The van der Waals surface area contributed by atoms with Gasteiger partial charge in [0, 0.05) is 6.42 Å². The molecule has 1 N–H and O–H groups in total. The minimum absolute atomic E-state index is 0.146. The van der Waals surface area contributed by atoms with Crippen LogP contribution < -0.4 is 0 Å². The summed E-state index contributed by atoms with van der Waals surface area (Å²) in [5, 5.41) is 9.15. The van der Waals surface area contributed by atoms with Crippen LogP contribution >= 0.6 is 0 Å². The van der Waals surface area contributed by atoms with E-state index in [2.05, 4.69) is 0 Å². The summed E-state index contributed by atoms with van der Waals surface area (Å²) in [6, 6.07) is 6.37. The second kappa shape index (κ2) is 5.08. The number of carbonyl (C=O) groups is 2. The van der Waals surface area contributed by atoms with Crippen molar-refractivity contribution in [2.45, 2.75) is 32.0 Å². The molecule has 0 aliphatic carbocycles. The summed E-state index contributed by atoms with van der Waals surface area (Å²) >= 11 is 0. The van der Waals surface area contributed by atoms with Crippen molar-refractivity contribution < 1.29 is 24.2 Å². The number of esters is 2. The van der Waals surface area contributed by atoms with E-state index in [1.165, 1.54) is 12.1 Å². The lowest BCUT2D eigenvalue weighted by molar-refractivity contribution is -0.194. The third-order valence-corrected chi connectivity index (χ3v) is 2.77. The average molecular weight is 250 g/mol. The Hall–Kier alpha value is -2.04. The van der Waals surface area contributed by atoms with E-state index >= 15 is 0 Å². The number of benzene rings is 1. The highest BCUT2D eigenvalue weighted by Crippen LogP contribution is 2.18. The predicted molar refractivity (Wildman–Crippen MR) is 61.9 cm³/mol. The lowest BCUT2D eigenvalue weighted by atomic mass is 10.1. The smallest absolute Gasteiger partial charge is 0.348 e. The molecular weight excluding hydrogens is 236 g/mol. The molecule has 0 amide bonds. The Morgan fingerprint density at radius 3 is 2.22 bits per heavy atom. The van der Waals surface area contributed by atoms with Gasteiger partial charge in [-0.2, -0.15) is 0 Å². The highest BCUT2D eigenvalue weighted by atomic mass is 16.6. The zero-order valence-electron chi connectivity index (χ0n) is 9.96. The van der Waals surface area contributed by atoms with Gasteiger partial charge >= 0.3 is 11.9 Å². The van der Waals surface area contributed by atoms with Crippen LogP contribution in [0.15, 0.2) is 24.3 Å². The second-order valence-corrected chi connectivity index (χ2v) is 4.13. The van der Waals surface area contributed by atoms with E-state index in [0.29, 0.717) is 6.42 Å². The maximum Gasteiger partial charge on any atom is 0.348 e. The summed E-state index contributed by atoms with van der Waals surface area (Å²) < 4.78 is 10.1. The summed E-state index contributed by atoms with van der Waals surface area (Å²) in [4.78, 5) is 23.1. The number of ether oxygens (including phenoxy) is 2. The molecule has 0 saturated carbocycles. The fourth-order valence-electron chi connectivity index (χ4n) is 1.75. The van der Waals surface area contributed by atoms with Crippen LogP contribution in [0.2, 0.25) is 0 Å². The number of hydrogen-bond donors (Lipinski definition) is 1. The maximum absolute atomic E-state index is 11.6. The van der Waals surface area contributed by atoms with Gasteiger partial charge in [-0.05, 0) is 24.1 Å². The van der Waals surface area contributed by atoms with Gasteiger partial charge in [0.25, 0.3) is 0 Å². The molecule has 0 spiro atoms. The van der Waals surface area contributed by atoms with E-state index in [1.54, 1.807) is 19.1 Å². The normalized spacial score (nSPS) is 23.4. The molecule has 1 saturated heterocycles. The largest absolute Gasteiger partial charge is 0.508 e. The van der Waals surface area contributed by atoms with Crippen LogP contribution in [0.1, 0.15) is 18.9 Å². The third-order valence-electron chi connectivity index (χ3n) is 2.77. The maximum atomic E-state index is 11.6. The standard InChI is InChI=1S/C13H14O5/c1-2-10-12(15)18-11(13(16)17-10)7-8-3-5-9(14)6-4-8/h3-6,10-11,14H,2,7H2,1H3. The van der Waals surface area contributed by atoms with Gasteiger partial charge < -0.3 is 14.6 Å². The summed E-state index contributed by atoms with van der Waals surface area (Å²) in [6.07, 6.45) is -1.02. The Bertz CT molecular complexity index is 451. The van der Waals surface area contributed by atoms with Crippen LogP contribution in [-0.4, -0.2) is 29.3 Å². The Kier molecular flexibility index (Phi) is 3.50. The van der Waals surface area contributed by atoms with Crippen molar-refractivity contribution in [3.63, 3.8) is 0 Å². The van der Waals surface area contributed by atoms with E-state index in [4.69, 9.17) is 14.6 Å². The van der Waals surface area contributed by atoms with E-state index in [-0.39, 0.29) is 12.2 Å². The van der Waals surface area contributed by atoms with Crippen molar-refractivity contribution in [3.8, 4) is 5.75 Å². The zero-order chi connectivity index (χ0) is 13.1. The second-order valence-electron chi connectivity index (χ2n) is 4.13. The molecule has 0 radical (unpaired) electrons. The molecule has 1 heterocycles. The Labute approximate surface area is 104 Å².